The van der Waals surface area contributed by atoms with Crippen LogP contribution in [0.1, 0.15) is 15.9 Å². The average Bonchev–Trinajstić information content (AvgIpc) is 3.08. The molecule has 2 aromatic heterocycles. The minimum absolute atomic E-state index is 0.142. The molecule has 1 amide bonds. The Labute approximate surface area is 129 Å². The zero-order valence-electron chi connectivity index (χ0n) is 12.7. The summed E-state index contributed by atoms with van der Waals surface area (Å²) in [5.41, 5.74) is 1.51. The maximum Gasteiger partial charge on any atom is 0.254 e. The predicted octanol–water partition coefficient (Wildman–Crippen LogP) is 1.36. The molecule has 22 heavy (non-hydrogen) atoms. The number of nitrogens with one attached hydrogen (secondary N) is 1. The maximum atomic E-state index is 11.8. The summed E-state index contributed by atoms with van der Waals surface area (Å²) in [5.74, 6) is 0.856. The number of amides is 1. The van der Waals surface area contributed by atoms with Gasteiger partial charge >= 0.3 is 0 Å². The SMILES string of the molecule is CN1CCN(c2ccc(CNC(=O)c3ccoc3)cn2)CC1. The minimum atomic E-state index is -0.142. The number of hydrogen-bond donors (Lipinski definition) is 1. The molecule has 3 heterocycles. The van der Waals surface area contributed by atoms with E-state index in [1.165, 1.54) is 12.5 Å². The number of hydrogen-bond acceptors (Lipinski definition) is 5. The molecule has 116 valence electrons. The summed E-state index contributed by atoms with van der Waals surface area (Å²) in [5, 5.41) is 2.85. The second kappa shape index (κ2) is 6.62. The molecule has 6 nitrogen and oxygen atoms in total. The first-order valence-corrected chi connectivity index (χ1v) is 7.41. The predicted molar refractivity (Wildman–Crippen MR) is 83.8 cm³/mol. The number of pyridine rings is 1. The number of aromatic nitrogens is 1. The molecule has 1 saturated heterocycles. The Kier molecular flexibility index (Phi) is 4.39. The van der Waals surface area contributed by atoms with Gasteiger partial charge in [0, 0.05) is 38.9 Å². The zero-order chi connectivity index (χ0) is 15.4. The first-order valence-electron chi connectivity index (χ1n) is 7.41. The van der Waals surface area contributed by atoms with Crippen LogP contribution in [0.2, 0.25) is 0 Å². The Morgan fingerprint density at radius 1 is 1.27 bits per heavy atom. The first kappa shape index (κ1) is 14.6. The topological polar surface area (TPSA) is 61.6 Å². The van der Waals surface area contributed by atoms with Crippen LogP contribution in [0.3, 0.4) is 0 Å². The maximum absolute atomic E-state index is 11.8. The van der Waals surface area contributed by atoms with Crippen molar-refractivity contribution in [3.8, 4) is 0 Å². The molecule has 0 spiro atoms. The van der Waals surface area contributed by atoms with E-state index in [4.69, 9.17) is 4.42 Å². The van der Waals surface area contributed by atoms with Crippen LogP contribution in [0.25, 0.3) is 0 Å². The van der Waals surface area contributed by atoms with Crippen LogP contribution in [-0.4, -0.2) is 49.0 Å². The number of furan rings is 1. The lowest BCUT2D eigenvalue weighted by Gasteiger charge is -2.33. The van der Waals surface area contributed by atoms with Gasteiger partial charge in [-0.05, 0) is 24.7 Å². The van der Waals surface area contributed by atoms with Crippen molar-refractivity contribution in [2.45, 2.75) is 6.54 Å². The molecule has 0 radical (unpaired) electrons. The summed E-state index contributed by atoms with van der Waals surface area (Å²) in [6, 6.07) is 5.67. The molecule has 3 rings (SSSR count). The lowest BCUT2D eigenvalue weighted by molar-refractivity contribution is 0.0950. The smallest absolute Gasteiger partial charge is 0.254 e. The van der Waals surface area contributed by atoms with Gasteiger partial charge in [0.05, 0.1) is 11.8 Å². The number of anilines is 1. The molecule has 1 aliphatic heterocycles. The molecule has 0 bridgehead atoms. The van der Waals surface area contributed by atoms with Crippen molar-refractivity contribution in [1.82, 2.24) is 15.2 Å². The van der Waals surface area contributed by atoms with Crippen LogP contribution in [-0.2, 0) is 6.54 Å². The number of likely N-dealkylation sites (N-methyl/N-ethyl adjacent to an activating group) is 1. The summed E-state index contributed by atoms with van der Waals surface area (Å²) in [6.45, 7) is 4.58. The molecule has 0 aliphatic carbocycles. The normalized spacial score (nSPS) is 15.8. The van der Waals surface area contributed by atoms with Gasteiger partial charge in [-0.15, -0.1) is 0 Å². The largest absolute Gasteiger partial charge is 0.472 e. The Hall–Kier alpha value is -2.34. The van der Waals surface area contributed by atoms with Crippen LogP contribution in [0, 0.1) is 0 Å². The standard InChI is InChI=1S/C16H20N4O2/c1-19-5-7-20(8-6-19)15-3-2-13(10-17-15)11-18-16(21)14-4-9-22-12-14/h2-4,9-10,12H,5-8,11H2,1H3,(H,18,21). The fraction of sp³-hybridized carbons (Fsp3) is 0.375. The molecule has 0 unspecified atom stereocenters. The second-order valence-electron chi connectivity index (χ2n) is 5.51. The van der Waals surface area contributed by atoms with Gasteiger partial charge in [-0.3, -0.25) is 4.79 Å². The number of carbonyl (C=O) groups is 1. The highest BCUT2D eigenvalue weighted by atomic mass is 16.3. The number of piperazine rings is 1. The molecule has 1 aliphatic rings. The second-order valence-corrected chi connectivity index (χ2v) is 5.51. The molecular formula is C16H20N4O2. The van der Waals surface area contributed by atoms with E-state index < -0.39 is 0 Å². The van der Waals surface area contributed by atoms with Crippen molar-refractivity contribution in [3.05, 3.63) is 48.0 Å². The van der Waals surface area contributed by atoms with Crippen LogP contribution < -0.4 is 10.2 Å². The fourth-order valence-electron chi connectivity index (χ4n) is 2.42. The lowest BCUT2D eigenvalue weighted by Crippen LogP contribution is -2.44. The van der Waals surface area contributed by atoms with Crippen molar-refractivity contribution >= 4 is 11.7 Å². The summed E-state index contributed by atoms with van der Waals surface area (Å²) in [6.07, 6.45) is 4.74. The van der Waals surface area contributed by atoms with Gasteiger partial charge in [-0.1, -0.05) is 6.07 Å². The van der Waals surface area contributed by atoms with Crippen molar-refractivity contribution in [2.24, 2.45) is 0 Å². The molecule has 0 atom stereocenters. The van der Waals surface area contributed by atoms with Crippen molar-refractivity contribution < 1.29 is 9.21 Å². The first-order chi connectivity index (χ1) is 10.7. The summed E-state index contributed by atoms with van der Waals surface area (Å²) < 4.78 is 4.90. The van der Waals surface area contributed by atoms with E-state index in [9.17, 15) is 4.79 Å². The van der Waals surface area contributed by atoms with Crippen molar-refractivity contribution in [1.29, 1.82) is 0 Å². The van der Waals surface area contributed by atoms with E-state index in [2.05, 4.69) is 27.1 Å². The lowest BCUT2D eigenvalue weighted by atomic mass is 10.2. The van der Waals surface area contributed by atoms with Crippen LogP contribution >= 0.6 is 0 Å². The molecule has 6 heteroatoms. The Balaban J connectivity index is 1.54. The van der Waals surface area contributed by atoms with E-state index in [1.54, 1.807) is 6.07 Å². The molecule has 0 saturated carbocycles. The van der Waals surface area contributed by atoms with E-state index in [1.807, 2.05) is 18.3 Å². The third-order valence-corrected chi connectivity index (χ3v) is 3.87. The van der Waals surface area contributed by atoms with Crippen molar-refractivity contribution in [2.75, 3.05) is 38.1 Å². The van der Waals surface area contributed by atoms with Crippen molar-refractivity contribution in [3.63, 3.8) is 0 Å². The van der Waals surface area contributed by atoms with Gasteiger partial charge in [0.2, 0.25) is 0 Å². The Bertz CT molecular complexity index is 602. The highest BCUT2D eigenvalue weighted by Crippen LogP contribution is 2.13. The van der Waals surface area contributed by atoms with Crippen LogP contribution in [0.4, 0.5) is 5.82 Å². The Morgan fingerprint density at radius 3 is 2.73 bits per heavy atom. The third-order valence-electron chi connectivity index (χ3n) is 3.87. The van der Waals surface area contributed by atoms with E-state index in [0.29, 0.717) is 12.1 Å². The van der Waals surface area contributed by atoms with Gasteiger partial charge in [-0.2, -0.15) is 0 Å². The molecule has 1 fully saturated rings. The van der Waals surface area contributed by atoms with E-state index in [0.717, 1.165) is 37.6 Å². The van der Waals surface area contributed by atoms with E-state index in [-0.39, 0.29) is 5.91 Å². The molecular weight excluding hydrogens is 280 g/mol. The van der Waals surface area contributed by atoms with Crippen LogP contribution in [0.15, 0.2) is 41.3 Å². The number of carbonyl (C=O) groups excluding carboxylic acids is 1. The zero-order valence-corrected chi connectivity index (χ0v) is 12.7. The van der Waals surface area contributed by atoms with Gasteiger partial charge in [0.25, 0.3) is 5.91 Å². The number of rotatable bonds is 4. The quantitative estimate of drug-likeness (QED) is 0.923. The summed E-state index contributed by atoms with van der Waals surface area (Å²) in [4.78, 5) is 20.9. The summed E-state index contributed by atoms with van der Waals surface area (Å²) >= 11 is 0. The molecule has 2 aromatic rings. The minimum Gasteiger partial charge on any atom is -0.472 e. The van der Waals surface area contributed by atoms with Gasteiger partial charge in [0.15, 0.2) is 0 Å². The molecule has 1 N–H and O–H groups in total. The average molecular weight is 300 g/mol. The van der Waals surface area contributed by atoms with Gasteiger partial charge < -0.3 is 19.5 Å². The van der Waals surface area contributed by atoms with Gasteiger partial charge in [0.1, 0.15) is 12.1 Å². The number of nitrogens with zero attached hydrogens (tertiary/aromatic N) is 3. The highest BCUT2D eigenvalue weighted by molar-refractivity contribution is 5.93. The monoisotopic (exact) mass is 300 g/mol. The summed E-state index contributed by atoms with van der Waals surface area (Å²) in [7, 11) is 2.14. The Morgan fingerprint density at radius 2 is 2.09 bits per heavy atom. The van der Waals surface area contributed by atoms with E-state index >= 15 is 0 Å². The molecule has 0 aromatic carbocycles. The van der Waals surface area contributed by atoms with Crippen LogP contribution in [0.5, 0.6) is 0 Å². The highest BCUT2D eigenvalue weighted by Gasteiger charge is 2.15. The third kappa shape index (κ3) is 3.46. The fourth-order valence-corrected chi connectivity index (χ4v) is 2.42. The van der Waals surface area contributed by atoms with Gasteiger partial charge in [-0.25, -0.2) is 4.98 Å².